The predicted octanol–water partition coefficient (Wildman–Crippen LogP) is 20.9. The van der Waals surface area contributed by atoms with E-state index >= 15 is 0 Å². The van der Waals surface area contributed by atoms with E-state index in [1.54, 1.807) is 0 Å². The number of hydrogen-bond donors (Lipinski definition) is 0. The molecule has 0 fully saturated rings. The molecule has 0 heterocycles. The van der Waals surface area contributed by atoms with Crippen molar-refractivity contribution in [3.63, 3.8) is 0 Å². The van der Waals surface area contributed by atoms with Crippen molar-refractivity contribution in [3.8, 4) is 0 Å². The van der Waals surface area contributed by atoms with E-state index in [4.69, 9.17) is 14.2 Å². The van der Waals surface area contributed by atoms with E-state index < -0.39 is 6.10 Å². The lowest BCUT2D eigenvalue weighted by Crippen LogP contribution is -2.30. The Bertz CT molecular complexity index is 1720. The minimum Gasteiger partial charge on any atom is -0.462 e. The lowest BCUT2D eigenvalue weighted by atomic mass is 10.1. The Labute approximate surface area is 467 Å². The van der Waals surface area contributed by atoms with Gasteiger partial charge in [-0.05, 0) is 141 Å². The molecule has 0 saturated carbocycles. The summed E-state index contributed by atoms with van der Waals surface area (Å²) in [4.78, 5) is 38.0. The SMILES string of the molecule is CC/C=C\C/C=C\C/C=C\C/C=C\C/C=C\C/C=C\C/C=C\C/C=C\C/C=C\C/C=C\CCCCCCC(=O)OCC(COC(=O)CCCCCCC/C=C\CCC)OC(=O)CCCCCCC/C=C\C/C=C\CCC. The van der Waals surface area contributed by atoms with Gasteiger partial charge in [-0.1, -0.05) is 243 Å². The van der Waals surface area contributed by atoms with Gasteiger partial charge < -0.3 is 14.2 Å². The molecule has 0 amide bonds. The van der Waals surface area contributed by atoms with E-state index in [1.807, 2.05) is 0 Å². The highest BCUT2D eigenvalue weighted by molar-refractivity contribution is 5.71. The molecule has 0 aromatic rings. The topological polar surface area (TPSA) is 78.9 Å². The Morgan fingerprint density at radius 3 is 0.829 bits per heavy atom. The average Bonchev–Trinajstić information content (AvgIpc) is 3.42. The molecule has 0 spiro atoms. The summed E-state index contributed by atoms with van der Waals surface area (Å²) >= 11 is 0. The number of allylic oxidation sites excluding steroid dienone is 26. The first-order chi connectivity index (χ1) is 37.5. The normalized spacial score (nSPS) is 13.2. The third-order valence-electron chi connectivity index (χ3n) is 12.2. The molecule has 0 aliphatic carbocycles. The van der Waals surface area contributed by atoms with E-state index in [-0.39, 0.29) is 31.1 Å². The minimum atomic E-state index is -0.805. The second-order valence-electron chi connectivity index (χ2n) is 19.5. The van der Waals surface area contributed by atoms with Crippen LogP contribution in [0.15, 0.2) is 158 Å². The monoisotopic (exact) mass is 1050 g/mol. The number of hydrogen-bond acceptors (Lipinski definition) is 6. The highest BCUT2D eigenvalue weighted by Gasteiger charge is 2.19. The van der Waals surface area contributed by atoms with Crippen molar-refractivity contribution in [2.75, 3.05) is 13.2 Å². The summed E-state index contributed by atoms with van der Waals surface area (Å²) in [6.45, 7) is 6.34. The molecule has 0 N–H and O–H groups in total. The Morgan fingerprint density at radius 1 is 0.276 bits per heavy atom. The van der Waals surface area contributed by atoms with E-state index in [1.165, 1.54) is 19.3 Å². The molecular weight excluding hydrogens is 937 g/mol. The average molecular weight is 1050 g/mol. The van der Waals surface area contributed by atoms with Crippen molar-refractivity contribution in [3.05, 3.63) is 158 Å². The fourth-order valence-corrected chi connectivity index (χ4v) is 7.69. The lowest BCUT2D eigenvalue weighted by molar-refractivity contribution is -0.167. The van der Waals surface area contributed by atoms with E-state index in [9.17, 15) is 14.4 Å². The molecule has 76 heavy (non-hydrogen) atoms. The van der Waals surface area contributed by atoms with Crippen LogP contribution in [0, 0.1) is 0 Å². The highest BCUT2D eigenvalue weighted by atomic mass is 16.6. The van der Waals surface area contributed by atoms with Crippen molar-refractivity contribution < 1.29 is 28.6 Å². The van der Waals surface area contributed by atoms with Crippen molar-refractivity contribution in [1.82, 2.24) is 0 Å². The Kier molecular flexibility index (Phi) is 58.5. The Morgan fingerprint density at radius 2 is 0.513 bits per heavy atom. The molecule has 0 radical (unpaired) electrons. The smallest absolute Gasteiger partial charge is 0.306 e. The molecule has 0 aromatic carbocycles. The van der Waals surface area contributed by atoms with Crippen molar-refractivity contribution in [2.45, 2.75) is 252 Å². The van der Waals surface area contributed by atoms with Gasteiger partial charge in [-0.2, -0.15) is 0 Å². The lowest BCUT2D eigenvalue weighted by Gasteiger charge is -2.18. The Balaban J connectivity index is 4.27. The molecule has 1 unspecified atom stereocenters. The van der Waals surface area contributed by atoms with Crippen LogP contribution in [0.3, 0.4) is 0 Å². The van der Waals surface area contributed by atoms with E-state index in [2.05, 4.69) is 179 Å². The van der Waals surface area contributed by atoms with Crippen LogP contribution in [0.1, 0.15) is 245 Å². The van der Waals surface area contributed by atoms with Gasteiger partial charge in [0.25, 0.3) is 0 Å². The number of carbonyl (C=O) groups is 3. The summed E-state index contributed by atoms with van der Waals surface area (Å²) in [7, 11) is 0. The van der Waals surface area contributed by atoms with Gasteiger partial charge >= 0.3 is 17.9 Å². The van der Waals surface area contributed by atoms with Gasteiger partial charge in [0.2, 0.25) is 0 Å². The third-order valence-corrected chi connectivity index (χ3v) is 12.2. The van der Waals surface area contributed by atoms with Crippen LogP contribution in [-0.4, -0.2) is 37.2 Å². The number of carbonyl (C=O) groups excluding carboxylic acids is 3. The van der Waals surface area contributed by atoms with Crippen LogP contribution >= 0.6 is 0 Å². The fourth-order valence-electron chi connectivity index (χ4n) is 7.69. The third kappa shape index (κ3) is 59.9. The zero-order valence-electron chi connectivity index (χ0n) is 48.7. The van der Waals surface area contributed by atoms with Crippen LogP contribution in [0.4, 0.5) is 0 Å². The van der Waals surface area contributed by atoms with Crippen molar-refractivity contribution >= 4 is 17.9 Å². The summed E-state index contributed by atoms with van der Waals surface area (Å²) < 4.78 is 16.8. The molecule has 6 nitrogen and oxygen atoms in total. The molecule has 426 valence electrons. The van der Waals surface area contributed by atoms with Gasteiger partial charge in [0.05, 0.1) is 0 Å². The molecular formula is C70H110O6. The van der Waals surface area contributed by atoms with Gasteiger partial charge in [-0.15, -0.1) is 0 Å². The first kappa shape index (κ1) is 71.0. The molecule has 0 bridgehead atoms. The van der Waals surface area contributed by atoms with Crippen LogP contribution in [0.2, 0.25) is 0 Å². The second-order valence-corrected chi connectivity index (χ2v) is 19.5. The zero-order valence-corrected chi connectivity index (χ0v) is 48.7. The molecule has 0 aliphatic rings. The molecule has 0 aliphatic heterocycles. The van der Waals surface area contributed by atoms with E-state index in [0.717, 1.165) is 186 Å². The summed E-state index contributed by atoms with van der Waals surface area (Å²) in [5.74, 6) is -0.961. The maximum absolute atomic E-state index is 12.8. The van der Waals surface area contributed by atoms with Crippen molar-refractivity contribution in [2.24, 2.45) is 0 Å². The summed E-state index contributed by atoms with van der Waals surface area (Å²) in [5, 5.41) is 0. The van der Waals surface area contributed by atoms with Crippen molar-refractivity contribution in [1.29, 1.82) is 0 Å². The van der Waals surface area contributed by atoms with Gasteiger partial charge in [0.1, 0.15) is 13.2 Å². The second kappa shape index (κ2) is 62.6. The van der Waals surface area contributed by atoms with Gasteiger partial charge in [0.15, 0.2) is 6.10 Å². The zero-order chi connectivity index (χ0) is 55.0. The maximum Gasteiger partial charge on any atom is 0.306 e. The molecule has 0 rings (SSSR count). The Hall–Kier alpha value is -4.97. The van der Waals surface area contributed by atoms with Gasteiger partial charge in [-0.3, -0.25) is 14.4 Å². The van der Waals surface area contributed by atoms with Crippen LogP contribution in [0.25, 0.3) is 0 Å². The molecule has 0 aromatic heterocycles. The van der Waals surface area contributed by atoms with Gasteiger partial charge in [-0.25, -0.2) is 0 Å². The van der Waals surface area contributed by atoms with Crippen LogP contribution < -0.4 is 0 Å². The first-order valence-corrected chi connectivity index (χ1v) is 30.5. The summed E-state index contributed by atoms with van der Waals surface area (Å²) in [6, 6.07) is 0. The van der Waals surface area contributed by atoms with Gasteiger partial charge in [0, 0.05) is 19.3 Å². The highest BCUT2D eigenvalue weighted by Crippen LogP contribution is 2.13. The predicted molar refractivity (Wildman–Crippen MR) is 329 cm³/mol. The maximum atomic E-state index is 12.8. The molecule has 0 saturated heterocycles. The largest absolute Gasteiger partial charge is 0.462 e. The fraction of sp³-hybridized carbons (Fsp3) is 0.586. The minimum absolute atomic E-state index is 0.102. The van der Waals surface area contributed by atoms with Crippen LogP contribution in [-0.2, 0) is 28.6 Å². The quantitative estimate of drug-likeness (QED) is 0.0261. The molecule has 6 heteroatoms. The van der Waals surface area contributed by atoms with E-state index in [0.29, 0.717) is 19.3 Å². The first-order valence-electron chi connectivity index (χ1n) is 30.5. The number of unbranched alkanes of at least 4 members (excludes halogenated alkanes) is 16. The standard InChI is InChI=1S/C70H110O6/c1-4-7-10-13-16-19-22-24-25-26-27-28-29-30-31-32-33-34-35-36-37-38-39-40-41-42-43-44-45-47-48-51-54-57-60-63-69(72)75-66-67(65-74-68(71)62-59-56-53-50-21-18-15-12-9-6-3)76-70(73)64-61-58-55-52-49-46-23-20-17-14-11-8-5-2/h7,10-12,14-16,19-20,23-25,27-28,30-31,33-34,36-37,39-40,42-43,45,47,67H,4-6,8-9,13,17-18,21-22,26,29,32,35,38,41,44,46,48-66H2,1-3H3/b10-7-,14-11-,15-12-,19-16-,23-20-,25-24-,28-27-,31-30-,34-33-,37-36-,40-39-,43-42-,47-45-. The number of esters is 3. The summed E-state index contributed by atoms with van der Waals surface area (Å²) in [6.07, 6.45) is 91.1. The molecule has 1 atom stereocenters. The number of rotatable bonds is 53. The number of ether oxygens (including phenoxy) is 3. The summed E-state index contributed by atoms with van der Waals surface area (Å²) in [5.41, 5.74) is 0. The van der Waals surface area contributed by atoms with Crippen LogP contribution in [0.5, 0.6) is 0 Å².